The molecule has 0 unspecified atom stereocenters. The summed E-state index contributed by atoms with van der Waals surface area (Å²) < 4.78 is 6.28. The Hall–Kier alpha value is -0.290. The van der Waals surface area contributed by atoms with E-state index in [0.717, 1.165) is 3.57 Å². The van der Waals surface area contributed by atoms with Gasteiger partial charge in [0, 0.05) is 5.56 Å². The van der Waals surface area contributed by atoms with Crippen molar-refractivity contribution in [1.29, 1.82) is 0 Å². The van der Waals surface area contributed by atoms with E-state index in [9.17, 15) is 4.79 Å². The first-order valence-electron chi connectivity index (χ1n) is 4.19. The van der Waals surface area contributed by atoms with Crippen LogP contribution in [0.3, 0.4) is 0 Å². The maximum Gasteiger partial charge on any atom is 0.161 e. The van der Waals surface area contributed by atoms with Crippen molar-refractivity contribution in [2.75, 3.05) is 6.61 Å². The Bertz CT molecular complexity index is 363. The van der Waals surface area contributed by atoms with E-state index in [4.69, 9.17) is 16.3 Å². The summed E-state index contributed by atoms with van der Waals surface area (Å²) in [6, 6.07) is 3.54. The second kappa shape index (κ2) is 4.98. The molecule has 0 aromatic heterocycles. The lowest BCUT2D eigenvalue weighted by molar-refractivity contribution is 0.101. The van der Waals surface area contributed by atoms with E-state index in [1.54, 1.807) is 6.07 Å². The number of benzene rings is 1. The van der Waals surface area contributed by atoms with E-state index >= 15 is 0 Å². The van der Waals surface area contributed by atoms with E-state index in [-0.39, 0.29) is 5.78 Å². The van der Waals surface area contributed by atoms with Crippen LogP contribution in [0.4, 0.5) is 0 Å². The van der Waals surface area contributed by atoms with Gasteiger partial charge in [0.05, 0.1) is 15.2 Å². The molecule has 76 valence electrons. The summed E-state index contributed by atoms with van der Waals surface area (Å²) in [5, 5.41) is 0.409. The molecule has 0 heterocycles. The quantitative estimate of drug-likeness (QED) is 0.628. The third-order valence-corrected chi connectivity index (χ3v) is 2.94. The molecule has 4 heteroatoms. The van der Waals surface area contributed by atoms with Gasteiger partial charge in [0.1, 0.15) is 0 Å². The fourth-order valence-electron chi connectivity index (χ4n) is 1.08. The zero-order chi connectivity index (χ0) is 10.7. The minimum atomic E-state index is -0.0487. The standard InChI is InChI=1S/C10H10ClIO2/c1-3-14-10-8(12)5-4-7(6(2)13)9(10)11/h4-5H,3H2,1-2H3. The third-order valence-electron chi connectivity index (χ3n) is 1.72. The molecule has 0 N–H and O–H groups in total. The largest absolute Gasteiger partial charge is 0.491 e. The molecule has 0 aliphatic rings. The number of hydrogen-bond acceptors (Lipinski definition) is 2. The molecule has 1 aromatic carbocycles. The van der Waals surface area contributed by atoms with Crippen molar-refractivity contribution in [3.63, 3.8) is 0 Å². The van der Waals surface area contributed by atoms with Crippen LogP contribution in [0.5, 0.6) is 5.75 Å². The van der Waals surface area contributed by atoms with Gasteiger partial charge in [-0.25, -0.2) is 0 Å². The van der Waals surface area contributed by atoms with Gasteiger partial charge in [0.2, 0.25) is 0 Å². The van der Waals surface area contributed by atoms with E-state index in [1.807, 2.05) is 13.0 Å². The van der Waals surface area contributed by atoms with Gasteiger partial charge in [-0.2, -0.15) is 0 Å². The van der Waals surface area contributed by atoms with Gasteiger partial charge >= 0.3 is 0 Å². The van der Waals surface area contributed by atoms with Crippen molar-refractivity contribution >= 4 is 40.0 Å². The van der Waals surface area contributed by atoms with Crippen molar-refractivity contribution in [3.8, 4) is 5.75 Å². The highest BCUT2D eigenvalue weighted by Gasteiger charge is 2.13. The lowest BCUT2D eigenvalue weighted by Crippen LogP contribution is -2.00. The molecule has 0 atom stereocenters. The van der Waals surface area contributed by atoms with Crippen LogP contribution in [-0.2, 0) is 0 Å². The van der Waals surface area contributed by atoms with Gasteiger partial charge in [-0.05, 0) is 48.6 Å². The van der Waals surface area contributed by atoms with Gasteiger partial charge in [-0.15, -0.1) is 0 Å². The molecule has 0 saturated carbocycles. The van der Waals surface area contributed by atoms with Crippen molar-refractivity contribution in [1.82, 2.24) is 0 Å². The topological polar surface area (TPSA) is 26.3 Å². The molecule has 0 aliphatic heterocycles. The molecule has 1 aromatic rings. The van der Waals surface area contributed by atoms with Crippen molar-refractivity contribution < 1.29 is 9.53 Å². The number of ketones is 1. The number of carbonyl (C=O) groups is 1. The van der Waals surface area contributed by atoms with Crippen molar-refractivity contribution in [2.24, 2.45) is 0 Å². The van der Waals surface area contributed by atoms with E-state index in [2.05, 4.69) is 22.6 Å². The molecule has 0 aliphatic carbocycles. The SMILES string of the molecule is CCOc1c(I)ccc(C(C)=O)c1Cl. The predicted molar refractivity (Wildman–Crippen MR) is 65.3 cm³/mol. The molecule has 0 bridgehead atoms. The smallest absolute Gasteiger partial charge is 0.161 e. The second-order valence-corrected chi connectivity index (χ2v) is 4.27. The van der Waals surface area contributed by atoms with Crippen LogP contribution in [-0.4, -0.2) is 12.4 Å². The second-order valence-electron chi connectivity index (χ2n) is 2.73. The molecule has 1 rings (SSSR count). The Labute approximate surface area is 102 Å². The molecule has 0 spiro atoms. The molecule has 0 amide bonds. The molecule has 0 saturated heterocycles. The number of halogens is 2. The van der Waals surface area contributed by atoms with Gasteiger partial charge < -0.3 is 4.74 Å². The Morgan fingerprint density at radius 2 is 2.21 bits per heavy atom. The lowest BCUT2D eigenvalue weighted by Gasteiger charge is -2.10. The van der Waals surface area contributed by atoms with Crippen LogP contribution in [0.2, 0.25) is 5.02 Å². The van der Waals surface area contributed by atoms with Gasteiger partial charge in [-0.1, -0.05) is 11.6 Å². The van der Waals surface area contributed by atoms with Crippen LogP contribution in [0.15, 0.2) is 12.1 Å². The average molecular weight is 325 g/mol. The normalized spacial score (nSPS) is 10.0. The maximum atomic E-state index is 11.2. The average Bonchev–Trinajstić information content (AvgIpc) is 2.11. The Morgan fingerprint density at radius 1 is 1.57 bits per heavy atom. The minimum Gasteiger partial charge on any atom is -0.491 e. The zero-order valence-corrected chi connectivity index (χ0v) is 10.8. The van der Waals surface area contributed by atoms with Crippen LogP contribution >= 0.6 is 34.2 Å². The lowest BCUT2D eigenvalue weighted by atomic mass is 10.1. The fraction of sp³-hybridized carbons (Fsp3) is 0.300. The summed E-state index contributed by atoms with van der Waals surface area (Å²) in [5.41, 5.74) is 0.510. The van der Waals surface area contributed by atoms with Gasteiger partial charge in [-0.3, -0.25) is 4.79 Å². The molecular weight excluding hydrogens is 314 g/mol. The van der Waals surface area contributed by atoms with Gasteiger partial charge in [0.25, 0.3) is 0 Å². The molecular formula is C10H10ClIO2. The highest BCUT2D eigenvalue weighted by atomic mass is 127. The molecule has 14 heavy (non-hydrogen) atoms. The number of rotatable bonds is 3. The number of carbonyl (C=O) groups excluding carboxylic acids is 1. The molecule has 0 fully saturated rings. The monoisotopic (exact) mass is 324 g/mol. The van der Waals surface area contributed by atoms with Crippen LogP contribution < -0.4 is 4.74 Å². The van der Waals surface area contributed by atoms with E-state index in [1.165, 1.54) is 6.92 Å². The minimum absolute atomic E-state index is 0.0487. The summed E-state index contributed by atoms with van der Waals surface area (Å²) in [5.74, 6) is 0.551. The first kappa shape index (κ1) is 11.8. The Kier molecular flexibility index (Phi) is 4.19. The summed E-state index contributed by atoms with van der Waals surface area (Å²) in [6.07, 6.45) is 0. The first-order chi connectivity index (χ1) is 6.57. The van der Waals surface area contributed by atoms with Gasteiger partial charge in [0.15, 0.2) is 11.5 Å². The van der Waals surface area contributed by atoms with Crippen LogP contribution in [0.25, 0.3) is 0 Å². The third kappa shape index (κ3) is 2.39. The van der Waals surface area contributed by atoms with E-state index < -0.39 is 0 Å². The predicted octanol–water partition coefficient (Wildman–Crippen LogP) is 3.55. The summed E-state index contributed by atoms with van der Waals surface area (Å²) in [7, 11) is 0. The maximum absolute atomic E-state index is 11.2. The zero-order valence-electron chi connectivity index (χ0n) is 7.93. The summed E-state index contributed by atoms with van der Waals surface area (Å²) in [4.78, 5) is 11.2. The van der Waals surface area contributed by atoms with Crippen molar-refractivity contribution in [3.05, 3.63) is 26.3 Å². The fourth-order valence-corrected chi connectivity index (χ4v) is 2.20. The molecule has 2 nitrogen and oxygen atoms in total. The van der Waals surface area contributed by atoms with E-state index in [0.29, 0.717) is 22.9 Å². The Morgan fingerprint density at radius 3 is 2.71 bits per heavy atom. The number of hydrogen-bond donors (Lipinski definition) is 0. The highest BCUT2D eigenvalue weighted by Crippen LogP contribution is 2.33. The first-order valence-corrected chi connectivity index (χ1v) is 5.65. The summed E-state index contributed by atoms with van der Waals surface area (Å²) in [6.45, 7) is 3.91. The Balaban J connectivity index is 3.26. The number of Topliss-reactive ketones (excluding diaryl/α,β-unsaturated/α-hetero) is 1. The van der Waals surface area contributed by atoms with Crippen LogP contribution in [0.1, 0.15) is 24.2 Å². The number of ether oxygens (including phenoxy) is 1. The highest BCUT2D eigenvalue weighted by molar-refractivity contribution is 14.1. The van der Waals surface area contributed by atoms with Crippen molar-refractivity contribution in [2.45, 2.75) is 13.8 Å². The summed E-state index contributed by atoms with van der Waals surface area (Å²) >= 11 is 8.17. The molecule has 0 radical (unpaired) electrons. The van der Waals surface area contributed by atoms with Crippen LogP contribution in [0, 0.1) is 3.57 Å².